The van der Waals surface area contributed by atoms with Crippen LogP contribution in [0.5, 0.6) is 0 Å². The molecule has 5 rings (SSSR count). The maximum Gasteiger partial charge on any atom is 0.340 e. The van der Waals surface area contributed by atoms with Crippen LogP contribution in [0.3, 0.4) is 0 Å². The molecule has 0 radical (unpaired) electrons. The number of fused-ring (bicyclic) bond motifs is 1. The van der Waals surface area contributed by atoms with Gasteiger partial charge in [0.1, 0.15) is 5.82 Å². The lowest BCUT2D eigenvalue weighted by Crippen LogP contribution is -2.14. The summed E-state index contributed by atoms with van der Waals surface area (Å²) in [5.41, 5.74) is 5.37. The molecule has 9 nitrogen and oxygen atoms in total. The van der Waals surface area contributed by atoms with E-state index in [9.17, 15) is 13.2 Å². The van der Waals surface area contributed by atoms with E-state index in [0.717, 1.165) is 17.0 Å². The molecule has 0 unspecified atom stereocenters. The van der Waals surface area contributed by atoms with Crippen LogP contribution in [0.4, 0.5) is 5.88 Å². The molecule has 0 aliphatic rings. The van der Waals surface area contributed by atoms with Gasteiger partial charge in [-0.1, -0.05) is 53.7 Å². The van der Waals surface area contributed by atoms with Gasteiger partial charge in [0.05, 0.1) is 34.3 Å². The fraction of sp³-hybridized carbons (Fsp3) is 0.179. The van der Waals surface area contributed by atoms with E-state index in [2.05, 4.69) is 14.9 Å². The lowest BCUT2D eigenvalue weighted by Gasteiger charge is -2.13. The zero-order valence-electron chi connectivity index (χ0n) is 21.3. The van der Waals surface area contributed by atoms with Gasteiger partial charge < -0.3 is 13.8 Å². The van der Waals surface area contributed by atoms with Gasteiger partial charge in [-0.25, -0.2) is 22.9 Å². The smallest absolute Gasteiger partial charge is 0.340 e. The topological polar surface area (TPSA) is 116 Å². The van der Waals surface area contributed by atoms with Gasteiger partial charge in [-0.05, 0) is 50.1 Å². The summed E-state index contributed by atoms with van der Waals surface area (Å²) in [5, 5.41) is 3.83. The number of ether oxygens (including phenoxy) is 1. The normalized spacial score (nSPS) is 11.6. The lowest BCUT2D eigenvalue weighted by atomic mass is 10.0. The number of hydrogen-bond donors (Lipinski definition) is 1. The Bertz CT molecular complexity index is 1770. The largest absolute Gasteiger partial charge is 0.465 e. The van der Waals surface area contributed by atoms with Crippen LogP contribution in [0.15, 0.2) is 76.1 Å². The molecule has 38 heavy (non-hydrogen) atoms. The number of aromatic nitrogens is 3. The Labute approximate surface area is 220 Å². The minimum absolute atomic E-state index is 0.0990. The summed E-state index contributed by atoms with van der Waals surface area (Å²) in [6.07, 6.45) is 0. The van der Waals surface area contributed by atoms with Gasteiger partial charge in [-0.2, -0.15) is 0 Å². The molecule has 0 saturated carbocycles. The average molecular weight is 531 g/mol. The fourth-order valence-corrected chi connectivity index (χ4v) is 5.65. The summed E-state index contributed by atoms with van der Waals surface area (Å²) in [5.74, 6) is 0.442. The van der Waals surface area contributed by atoms with Crippen molar-refractivity contribution >= 4 is 32.9 Å². The van der Waals surface area contributed by atoms with Crippen LogP contribution in [-0.4, -0.2) is 36.2 Å². The number of anilines is 1. The highest BCUT2D eigenvalue weighted by atomic mass is 32.2. The van der Waals surface area contributed by atoms with Gasteiger partial charge in [-0.15, -0.1) is 0 Å². The molecular weight excluding hydrogens is 504 g/mol. The zero-order chi connectivity index (χ0) is 27.0. The highest BCUT2D eigenvalue weighted by Gasteiger charge is 2.23. The molecule has 2 aromatic heterocycles. The second-order valence-electron chi connectivity index (χ2n) is 8.93. The summed E-state index contributed by atoms with van der Waals surface area (Å²) in [6, 6.07) is 19.8. The zero-order valence-corrected chi connectivity index (χ0v) is 22.2. The Kier molecular flexibility index (Phi) is 6.50. The van der Waals surface area contributed by atoms with Crippen molar-refractivity contribution in [3.63, 3.8) is 0 Å². The molecule has 2 heterocycles. The highest BCUT2D eigenvalue weighted by Crippen LogP contribution is 2.30. The van der Waals surface area contributed by atoms with Gasteiger partial charge in [0, 0.05) is 17.7 Å². The molecule has 1 N–H and O–H groups in total. The first-order valence-electron chi connectivity index (χ1n) is 11.9. The van der Waals surface area contributed by atoms with E-state index >= 15 is 0 Å². The maximum absolute atomic E-state index is 13.3. The van der Waals surface area contributed by atoms with Crippen molar-refractivity contribution in [3.05, 3.63) is 94.9 Å². The van der Waals surface area contributed by atoms with E-state index < -0.39 is 16.0 Å². The second-order valence-corrected chi connectivity index (χ2v) is 10.6. The highest BCUT2D eigenvalue weighted by molar-refractivity contribution is 7.92. The Balaban J connectivity index is 1.47. The van der Waals surface area contributed by atoms with Crippen molar-refractivity contribution in [2.24, 2.45) is 0 Å². The van der Waals surface area contributed by atoms with Gasteiger partial charge >= 0.3 is 5.97 Å². The first-order valence-corrected chi connectivity index (χ1v) is 13.4. The van der Waals surface area contributed by atoms with Crippen LogP contribution in [0.1, 0.15) is 33.0 Å². The van der Waals surface area contributed by atoms with Crippen molar-refractivity contribution in [3.8, 4) is 11.1 Å². The number of nitrogens with zero attached hydrogens (tertiary/aromatic N) is 3. The molecular formula is C28H26N4O5S. The number of sulfonamides is 1. The van der Waals surface area contributed by atoms with Crippen LogP contribution in [0.2, 0.25) is 0 Å². The van der Waals surface area contributed by atoms with Crippen LogP contribution in [-0.2, 0) is 21.3 Å². The minimum atomic E-state index is -3.94. The van der Waals surface area contributed by atoms with Crippen molar-refractivity contribution in [1.29, 1.82) is 0 Å². The number of carbonyl (C=O) groups is 1. The molecule has 0 bridgehead atoms. The SMILES string of the molecule is COC(=O)c1cccc2nc(C)n(Cc3ccc(-c4ccccc4S(=O)(=O)Nc4onc(C)c4C)cc3)c12. The number of para-hydroxylation sites is 1. The number of benzene rings is 3. The van der Waals surface area contributed by atoms with Gasteiger partial charge in [0.25, 0.3) is 10.0 Å². The molecule has 10 heteroatoms. The molecule has 0 amide bonds. The number of carbonyl (C=O) groups excluding carboxylic acids is 1. The Morgan fingerprint density at radius 3 is 2.42 bits per heavy atom. The lowest BCUT2D eigenvalue weighted by molar-refractivity contribution is 0.0602. The number of nitrogens with one attached hydrogen (secondary N) is 1. The van der Waals surface area contributed by atoms with E-state index in [1.54, 1.807) is 50.2 Å². The first-order chi connectivity index (χ1) is 18.2. The third-order valence-corrected chi connectivity index (χ3v) is 7.92. The number of imidazole rings is 1. The average Bonchev–Trinajstić information content (AvgIpc) is 3.41. The molecule has 5 aromatic rings. The molecule has 194 valence electrons. The van der Waals surface area contributed by atoms with Crippen molar-refractivity contribution in [1.82, 2.24) is 14.7 Å². The number of rotatable bonds is 7. The Morgan fingerprint density at radius 2 is 1.74 bits per heavy atom. The molecule has 3 aromatic carbocycles. The molecule has 0 spiro atoms. The Morgan fingerprint density at radius 1 is 1.00 bits per heavy atom. The maximum atomic E-state index is 13.3. The van der Waals surface area contributed by atoms with E-state index in [0.29, 0.717) is 40.0 Å². The third kappa shape index (κ3) is 4.54. The van der Waals surface area contributed by atoms with Crippen molar-refractivity contribution in [2.75, 3.05) is 11.8 Å². The fourth-order valence-electron chi connectivity index (χ4n) is 4.37. The second kappa shape index (κ2) is 9.79. The van der Waals surface area contributed by atoms with E-state index in [1.807, 2.05) is 41.8 Å². The third-order valence-electron chi connectivity index (χ3n) is 6.53. The first kappa shape index (κ1) is 25.2. The standard InChI is InChI=1S/C28H26N4O5S/c1-17-18(2)30-37-27(17)31-38(34,35)25-11-6-5-8-22(25)21-14-12-20(13-15-21)16-32-19(3)29-24-10-7-9-23(26(24)32)28(33)36-4/h5-15,31H,16H2,1-4H3. The van der Waals surface area contributed by atoms with E-state index in [-0.39, 0.29) is 10.8 Å². The monoisotopic (exact) mass is 530 g/mol. The quantitative estimate of drug-likeness (QED) is 0.286. The molecule has 0 saturated heterocycles. The summed E-state index contributed by atoms with van der Waals surface area (Å²) in [4.78, 5) is 17.1. The van der Waals surface area contributed by atoms with Crippen LogP contribution in [0, 0.1) is 20.8 Å². The molecule has 0 atom stereocenters. The van der Waals surface area contributed by atoms with Gasteiger partial charge in [0.15, 0.2) is 0 Å². The summed E-state index contributed by atoms with van der Waals surface area (Å²) in [6.45, 7) is 5.85. The Hall–Kier alpha value is -4.44. The molecule has 0 aliphatic carbocycles. The minimum Gasteiger partial charge on any atom is -0.465 e. The van der Waals surface area contributed by atoms with Crippen molar-refractivity contribution in [2.45, 2.75) is 32.2 Å². The molecule has 0 fully saturated rings. The summed E-state index contributed by atoms with van der Waals surface area (Å²) >= 11 is 0. The van der Waals surface area contributed by atoms with Gasteiger partial charge in [0.2, 0.25) is 5.88 Å². The van der Waals surface area contributed by atoms with Crippen molar-refractivity contribution < 1.29 is 22.5 Å². The summed E-state index contributed by atoms with van der Waals surface area (Å²) < 4.78 is 41.1. The number of esters is 1. The molecule has 0 aliphatic heterocycles. The number of aryl methyl sites for hydroxylation is 2. The predicted molar refractivity (Wildman–Crippen MR) is 144 cm³/mol. The predicted octanol–water partition coefficient (Wildman–Crippen LogP) is 5.25. The van der Waals surface area contributed by atoms with Crippen LogP contribution >= 0.6 is 0 Å². The van der Waals surface area contributed by atoms with E-state index in [4.69, 9.17) is 9.26 Å². The van der Waals surface area contributed by atoms with E-state index in [1.165, 1.54) is 7.11 Å². The van der Waals surface area contributed by atoms with Crippen LogP contribution < -0.4 is 4.72 Å². The van der Waals surface area contributed by atoms with Crippen LogP contribution in [0.25, 0.3) is 22.2 Å². The van der Waals surface area contributed by atoms with Gasteiger partial charge in [-0.3, -0.25) is 0 Å². The number of hydrogen-bond acceptors (Lipinski definition) is 7. The number of methoxy groups -OCH3 is 1. The summed E-state index contributed by atoms with van der Waals surface area (Å²) in [7, 11) is -2.58.